The van der Waals surface area contributed by atoms with Gasteiger partial charge in [-0.15, -0.1) is 0 Å². The molecule has 6 heteroatoms. The number of amides is 1. The molecule has 1 aromatic rings. The van der Waals surface area contributed by atoms with Crippen LogP contribution in [0.4, 0.5) is 11.6 Å². The Kier molecular flexibility index (Phi) is 6.05. The van der Waals surface area contributed by atoms with Gasteiger partial charge < -0.3 is 16.4 Å². The molecule has 0 spiro atoms. The molecule has 1 rings (SSSR count). The van der Waals surface area contributed by atoms with Gasteiger partial charge in [-0.2, -0.15) is 0 Å². The lowest BCUT2D eigenvalue weighted by molar-refractivity contribution is -0.120. The van der Waals surface area contributed by atoms with Crippen LogP contribution in [-0.2, 0) is 11.2 Å². The number of nitrogens with zero attached hydrogens (tertiary/aromatic N) is 2. The lowest BCUT2D eigenvalue weighted by Gasteiger charge is -2.11. The Bertz CT molecular complexity index is 433. The summed E-state index contributed by atoms with van der Waals surface area (Å²) >= 11 is 0. The number of carbonyl (C=O) groups is 1. The first-order valence-corrected chi connectivity index (χ1v) is 6.72. The van der Waals surface area contributed by atoms with Gasteiger partial charge in [0.15, 0.2) is 0 Å². The third-order valence-electron chi connectivity index (χ3n) is 2.76. The Balaban J connectivity index is 2.53. The maximum atomic E-state index is 11.5. The molecule has 1 aromatic heterocycles. The molecule has 0 fully saturated rings. The van der Waals surface area contributed by atoms with E-state index in [1.807, 2.05) is 20.8 Å². The summed E-state index contributed by atoms with van der Waals surface area (Å²) < 4.78 is 0. The fourth-order valence-corrected chi connectivity index (χ4v) is 1.56. The van der Waals surface area contributed by atoms with E-state index >= 15 is 0 Å². The standard InChI is InChI=1S/C13H23N5O/c1-4-7-15-11(19)6-8-16-13-9(3)12(14)17-10(5-2)18-13/h4-8H2,1-3H3,(H,15,19)(H3,14,16,17,18). The van der Waals surface area contributed by atoms with E-state index in [0.717, 1.165) is 24.9 Å². The zero-order chi connectivity index (χ0) is 14.3. The molecule has 0 aliphatic carbocycles. The van der Waals surface area contributed by atoms with Gasteiger partial charge in [0.2, 0.25) is 5.91 Å². The Hall–Kier alpha value is -1.85. The molecule has 0 unspecified atom stereocenters. The summed E-state index contributed by atoms with van der Waals surface area (Å²) in [6.07, 6.45) is 2.10. The molecule has 0 saturated carbocycles. The molecule has 106 valence electrons. The molecular formula is C13H23N5O. The highest BCUT2D eigenvalue weighted by Gasteiger charge is 2.08. The second-order valence-electron chi connectivity index (χ2n) is 4.38. The summed E-state index contributed by atoms with van der Waals surface area (Å²) in [5, 5.41) is 5.97. The largest absolute Gasteiger partial charge is 0.383 e. The lowest BCUT2D eigenvalue weighted by Crippen LogP contribution is -2.26. The molecule has 19 heavy (non-hydrogen) atoms. The van der Waals surface area contributed by atoms with E-state index in [-0.39, 0.29) is 5.91 Å². The van der Waals surface area contributed by atoms with E-state index in [4.69, 9.17) is 5.73 Å². The summed E-state index contributed by atoms with van der Waals surface area (Å²) in [5.41, 5.74) is 6.65. The zero-order valence-corrected chi connectivity index (χ0v) is 11.9. The Labute approximate surface area is 114 Å². The van der Waals surface area contributed by atoms with Crippen molar-refractivity contribution in [3.8, 4) is 0 Å². The van der Waals surface area contributed by atoms with E-state index in [1.165, 1.54) is 0 Å². The van der Waals surface area contributed by atoms with E-state index in [9.17, 15) is 4.79 Å². The molecule has 4 N–H and O–H groups in total. The summed E-state index contributed by atoms with van der Waals surface area (Å²) in [6, 6.07) is 0. The normalized spacial score (nSPS) is 10.3. The van der Waals surface area contributed by atoms with Crippen molar-refractivity contribution in [2.45, 2.75) is 40.0 Å². The van der Waals surface area contributed by atoms with E-state index in [0.29, 0.717) is 30.4 Å². The van der Waals surface area contributed by atoms with Crippen LogP contribution in [0.2, 0.25) is 0 Å². The fraction of sp³-hybridized carbons (Fsp3) is 0.615. The fourth-order valence-electron chi connectivity index (χ4n) is 1.56. The van der Waals surface area contributed by atoms with Gasteiger partial charge in [0.25, 0.3) is 0 Å². The molecule has 0 atom stereocenters. The number of carbonyl (C=O) groups excluding carboxylic acids is 1. The van der Waals surface area contributed by atoms with Gasteiger partial charge in [0, 0.05) is 31.5 Å². The number of hydrogen-bond acceptors (Lipinski definition) is 5. The first-order valence-electron chi connectivity index (χ1n) is 6.72. The number of nitrogen functional groups attached to an aromatic ring is 1. The van der Waals surface area contributed by atoms with Crippen molar-refractivity contribution in [1.29, 1.82) is 0 Å². The first-order chi connectivity index (χ1) is 9.08. The second kappa shape index (κ2) is 7.56. The van der Waals surface area contributed by atoms with E-state index in [1.54, 1.807) is 0 Å². The summed E-state index contributed by atoms with van der Waals surface area (Å²) in [7, 11) is 0. The monoisotopic (exact) mass is 265 g/mol. The van der Waals surface area contributed by atoms with Crippen molar-refractivity contribution in [2.75, 3.05) is 24.1 Å². The maximum Gasteiger partial charge on any atom is 0.221 e. The SMILES string of the molecule is CCCNC(=O)CCNc1nc(CC)nc(N)c1C. The molecule has 0 aliphatic rings. The molecule has 0 radical (unpaired) electrons. The van der Waals surface area contributed by atoms with Crippen LogP contribution < -0.4 is 16.4 Å². The third-order valence-corrected chi connectivity index (χ3v) is 2.76. The van der Waals surface area contributed by atoms with Gasteiger partial charge in [-0.3, -0.25) is 4.79 Å². The number of rotatable bonds is 7. The van der Waals surface area contributed by atoms with Gasteiger partial charge in [0.1, 0.15) is 17.5 Å². The molecule has 1 heterocycles. The number of nitrogens with two attached hydrogens (primary N) is 1. The van der Waals surface area contributed by atoms with Crippen LogP contribution in [0, 0.1) is 6.92 Å². The Morgan fingerprint density at radius 2 is 2.00 bits per heavy atom. The molecule has 0 saturated heterocycles. The minimum absolute atomic E-state index is 0.0461. The highest BCUT2D eigenvalue weighted by molar-refractivity contribution is 5.76. The number of aryl methyl sites for hydroxylation is 1. The van der Waals surface area contributed by atoms with Crippen LogP contribution in [0.5, 0.6) is 0 Å². The van der Waals surface area contributed by atoms with E-state index in [2.05, 4.69) is 20.6 Å². The first kappa shape index (κ1) is 15.2. The van der Waals surface area contributed by atoms with Crippen LogP contribution in [0.25, 0.3) is 0 Å². The molecule has 1 amide bonds. The van der Waals surface area contributed by atoms with Crippen molar-refractivity contribution in [1.82, 2.24) is 15.3 Å². The zero-order valence-electron chi connectivity index (χ0n) is 11.9. The highest BCUT2D eigenvalue weighted by atomic mass is 16.1. The predicted molar refractivity (Wildman–Crippen MR) is 77.0 cm³/mol. The Morgan fingerprint density at radius 3 is 2.63 bits per heavy atom. The van der Waals surface area contributed by atoms with E-state index < -0.39 is 0 Å². The molecule has 0 aliphatic heterocycles. The van der Waals surface area contributed by atoms with Gasteiger partial charge >= 0.3 is 0 Å². The molecule has 6 nitrogen and oxygen atoms in total. The number of hydrogen-bond donors (Lipinski definition) is 3. The van der Waals surface area contributed by atoms with Crippen LogP contribution in [0.15, 0.2) is 0 Å². The second-order valence-corrected chi connectivity index (χ2v) is 4.38. The van der Waals surface area contributed by atoms with Crippen LogP contribution in [0.1, 0.15) is 38.1 Å². The molecule has 0 aromatic carbocycles. The van der Waals surface area contributed by atoms with Crippen LogP contribution in [-0.4, -0.2) is 29.0 Å². The number of anilines is 2. The van der Waals surface area contributed by atoms with Crippen LogP contribution >= 0.6 is 0 Å². The maximum absolute atomic E-state index is 11.5. The topological polar surface area (TPSA) is 92.9 Å². The average molecular weight is 265 g/mol. The third kappa shape index (κ3) is 4.73. The van der Waals surface area contributed by atoms with Gasteiger partial charge in [-0.05, 0) is 13.3 Å². The minimum atomic E-state index is 0.0461. The van der Waals surface area contributed by atoms with Crippen molar-refractivity contribution in [3.63, 3.8) is 0 Å². The summed E-state index contributed by atoms with van der Waals surface area (Å²) in [4.78, 5) is 20.0. The predicted octanol–water partition coefficient (Wildman–Crippen LogP) is 1.26. The summed E-state index contributed by atoms with van der Waals surface area (Å²) in [6.45, 7) is 7.13. The lowest BCUT2D eigenvalue weighted by atomic mass is 10.3. The number of aromatic nitrogens is 2. The van der Waals surface area contributed by atoms with Gasteiger partial charge in [-0.25, -0.2) is 9.97 Å². The van der Waals surface area contributed by atoms with Crippen molar-refractivity contribution in [3.05, 3.63) is 11.4 Å². The van der Waals surface area contributed by atoms with Gasteiger partial charge in [0.05, 0.1) is 0 Å². The Morgan fingerprint density at radius 1 is 1.26 bits per heavy atom. The molecular weight excluding hydrogens is 242 g/mol. The van der Waals surface area contributed by atoms with Gasteiger partial charge in [-0.1, -0.05) is 13.8 Å². The van der Waals surface area contributed by atoms with Crippen LogP contribution in [0.3, 0.4) is 0 Å². The molecule has 0 bridgehead atoms. The summed E-state index contributed by atoms with van der Waals surface area (Å²) in [5.74, 6) is 1.96. The minimum Gasteiger partial charge on any atom is -0.383 e. The van der Waals surface area contributed by atoms with Crippen molar-refractivity contribution in [2.24, 2.45) is 0 Å². The highest BCUT2D eigenvalue weighted by Crippen LogP contribution is 2.17. The smallest absolute Gasteiger partial charge is 0.221 e. The quantitative estimate of drug-likeness (QED) is 0.690. The average Bonchev–Trinajstić information content (AvgIpc) is 2.40. The number of nitrogens with one attached hydrogen (secondary N) is 2. The van der Waals surface area contributed by atoms with Crippen molar-refractivity contribution >= 4 is 17.5 Å². The van der Waals surface area contributed by atoms with Crippen molar-refractivity contribution < 1.29 is 4.79 Å².